The molecule has 0 spiro atoms. The third kappa shape index (κ3) is 2.83. The average molecular weight is 373 g/mol. The van der Waals surface area contributed by atoms with Crippen molar-refractivity contribution in [2.45, 2.75) is 19.4 Å². The molecule has 3 aromatic heterocycles. The zero-order chi connectivity index (χ0) is 19.1. The van der Waals surface area contributed by atoms with E-state index in [1.54, 1.807) is 23.4 Å². The second-order valence-corrected chi connectivity index (χ2v) is 7.01. The molecule has 5 rings (SSSR count). The average Bonchev–Trinajstić information content (AvgIpc) is 3.13. The Kier molecular flexibility index (Phi) is 3.89. The Hall–Kier alpha value is -3.55. The van der Waals surface area contributed by atoms with Crippen LogP contribution in [0.1, 0.15) is 12.1 Å². The van der Waals surface area contributed by atoms with Crippen molar-refractivity contribution in [1.29, 1.82) is 0 Å². The fourth-order valence-corrected chi connectivity index (χ4v) is 3.87. The molecule has 2 amide bonds. The summed E-state index contributed by atoms with van der Waals surface area (Å²) in [5, 5.41) is 2.87. The highest BCUT2D eigenvalue weighted by Gasteiger charge is 2.40. The summed E-state index contributed by atoms with van der Waals surface area (Å²) < 4.78 is 0. The summed E-state index contributed by atoms with van der Waals surface area (Å²) in [6.07, 6.45) is 5.71. The Bertz CT molecular complexity index is 1040. The van der Waals surface area contributed by atoms with E-state index >= 15 is 0 Å². The fraction of sp³-hybridized carbons (Fsp3) is 0.250. The topological polar surface area (TPSA) is 87.1 Å². The van der Waals surface area contributed by atoms with E-state index in [1.807, 2.05) is 25.1 Å². The molecule has 5 heterocycles. The first-order chi connectivity index (χ1) is 13.7. The van der Waals surface area contributed by atoms with Gasteiger partial charge in [0, 0.05) is 36.7 Å². The Morgan fingerprint density at radius 1 is 1.18 bits per heavy atom. The molecule has 0 saturated carbocycles. The molecule has 1 atom stereocenters. The van der Waals surface area contributed by atoms with Gasteiger partial charge in [0.25, 0.3) is 0 Å². The Balaban J connectivity index is 1.54. The number of nitrogens with zero attached hydrogens (tertiary/aromatic N) is 6. The molecule has 0 aromatic carbocycles. The summed E-state index contributed by atoms with van der Waals surface area (Å²) in [6.45, 7) is 3.69. The largest absolute Gasteiger partial charge is 0.366 e. The van der Waals surface area contributed by atoms with Crippen molar-refractivity contribution in [1.82, 2.24) is 19.9 Å². The zero-order valence-electron chi connectivity index (χ0n) is 15.4. The molecule has 2 aliphatic rings. The predicted molar refractivity (Wildman–Crippen MR) is 106 cm³/mol. The number of rotatable bonds is 2. The molecular weight excluding hydrogens is 354 g/mol. The van der Waals surface area contributed by atoms with Gasteiger partial charge in [-0.3, -0.25) is 15.2 Å². The SMILES string of the molecule is Cc1cc(-c2ccc3c(n2)N(C(=O)Nc2ccncn2)[C@H]2CCN3C2)ccn1. The van der Waals surface area contributed by atoms with Gasteiger partial charge in [-0.2, -0.15) is 0 Å². The number of anilines is 3. The summed E-state index contributed by atoms with van der Waals surface area (Å²) >= 11 is 0. The number of amides is 2. The monoisotopic (exact) mass is 373 g/mol. The molecule has 2 bridgehead atoms. The maximum absolute atomic E-state index is 13.1. The van der Waals surface area contributed by atoms with E-state index in [4.69, 9.17) is 4.98 Å². The molecule has 0 unspecified atom stereocenters. The van der Waals surface area contributed by atoms with E-state index in [2.05, 4.69) is 31.2 Å². The van der Waals surface area contributed by atoms with Crippen LogP contribution in [0, 0.1) is 6.92 Å². The molecule has 1 N–H and O–H groups in total. The predicted octanol–water partition coefficient (Wildman–Crippen LogP) is 2.87. The van der Waals surface area contributed by atoms with Gasteiger partial charge >= 0.3 is 6.03 Å². The number of nitrogens with one attached hydrogen (secondary N) is 1. The highest BCUT2D eigenvalue weighted by Crippen LogP contribution is 2.40. The molecule has 1 fully saturated rings. The van der Waals surface area contributed by atoms with Crippen LogP contribution >= 0.6 is 0 Å². The molecule has 8 heteroatoms. The summed E-state index contributed by atoms with van der Waals surface area (Å²) in [5.74, 6) is 1.16. The number of hydrogen-bond donors (Lipinski definition) is 1. The van der Waals surface area contributed by atoms with E-state index in [0.717, 1.165) is 42.1 Å². The van der Waals surface area contributed by atoms with Crippen LogP contribution in [-0.4, -0.2) is 45.1 Å². The molecule has 140 valence electrons. The normalized spacial score (nSPS) is 17.4. The fourth-order valence-electron chi connectivity index (χ4n) is 3.87. The van der Waals surface area contributed by atoms with E-state index in [9.17, 15) is 4.79 Å². The molecule has 1 saturated heterocycles. The third-order valence-electron chi connectivity index (χ3n) is 5.18. The molecule has 3 aromatic rings. The number of carbonyl (C=O) groups is 1. The lowest BCUT2D eigenvalue weighted by atomic mass is 10.1. The zero-order valence-corrected chi connectivity index (χ0v) is 15.4. The second kappa shape index (κ2) is 6.56. The smallest absolute Gasteiger partial charge is 0.329 e. The quantitative estimate of drug-likeness (QED) is 0.743. The summed E-state index contributed by atoms with van der Waals surface area (Å²) in [4.78, 5) is 34.3. The van der Waals surface area contributed by atoms with Gasteiger partial charge < -0.3 is 4.90 Å². The van der Waals surface area contributed by atoms with Crippen molar-refractivity contribution < 1.29 is 4.79 Å². The van der Waals surface area contributed by atoms with E-state index in [1.165, 1.54) is 6.33 Å². The van der Waals surface area contributed by atoms with Crippen LogP contribution in [0.5, 0.6) is 0 Å². The van der Waals surface area contributed by atoms with Gasteiger partial charge in [-0.05, 0) is 43.7 Å². The Labute approximate surface area is 162 Å². The van der Waals surface area contributed by atoms with Crippen LogP contribution in [0.3, 0.4) is 0 Å². The summed E-state index contributed by atoms with van der Waals surface area (Å²) in [5.41, 5.74) is 3.73. The lowest BCUT2D eigenvalue weighted by molar-refractivity contribution is 0.254. The molecule has 8 nitrogen and oxygen atoms in total. The minimum atomic E-state index is -0.220. The number of carbonyl (C=O) groups excluding carboxylic acids is 1. The van der Waals surface area contributed by atoms with Gasteiger partial charge in [-0.15, -0.1) is 0 Å². The number of aryl methyl sites for hydroxylation is 1. The third-order valence-corrected chi connectivity index (χ3v) is 5.18. The van der Waals surface area contributed by atoms with Crippen LogP contribution in [-0.2, 0) is 0 Å². The lowest BCUT2D eigenvalue weighted by Gasteiger charge is -2.35. The van der Waals surface area contributed by atoms with Crippen molar-refractivity contribution in [3.05, 3.63) is 54.7 Å². The van der Waals surface area contributed by atoms with Crippen molar-refractivity contribution in [3.63, 3.8) is 0 Å². The van der Waals surface area contributed by atoms with Crippen molar-refractivity contribution >= 4 is 23.4 Å². The standard InChI is InChI=1S/C20H19N7O/c1-13-10-14(4-8-22-13)16-2-3-17-19(24-16)27(15-6-9-26(17)11-15)20(28)25-18-5-7-21-12-23-18/h2-5,7-8,10,12,15H,6,9,11H2,1H3,(H,21,23,25,28)/t15-/m0/s1. The first-order valence-corrected chi connectivity index (χ1v) is 9.24. The van der Waals surface area contributed by atoms with Crippen molar-refractivity contribution in [3.8, 4) is 11.3 Å². The van der Waals surface area contributed by atoms with Gasteiger partial charge in [0.2, 0.25) is 0 Å². The highest BCUT2D eigenvalue weighted by molar-refractivity contribution is 6.04. The maximum atomic E-state index is 13.1. The number of hydrogen-bond acceptors (Lipinski definition) is 6. The molecule has 2 aliphatic heterocycles. The highest BCUT2D eigenvalue weighted by atomic mass is 16.2. The lowest BCUT2D eigenvalue weighted by Crippen LogP contribution is -2.48. The van der Waals surface area contributed by atoms with Crippen LogP contribution < -0.4 is 15.1 Å². The van der Waals surface area contributed by atoms with Crippen LogP contribution in [0.2, 0.25) is 0 Å². The molecule has 28 heavy (non-hydrogen) atoms. The van der Waals surface area contributed by atoms with Gasteiger partial charge in [-0.1, -0.05) is 0 Å². The number of pyridine rings is 2. The van der Waals surface area contributed by atoms with Gasteiger partial charge in [0.1, 0.15) is 12.1 Å². The number of aromatic nitrogens is 4. The summed E-state index contributed by atoms with van der Waals surface area (Å²) in [6, 6.07) is 9.54. The Morgan fingerprint density at radius 3 is 2.93 bits per heavy atom. The van der Waals surface area contributed by atoms with Gasteiger partial charge in [-0.25, -0.2) is 19.7 Å². The van der Waals surface area contributed by atoms with Crippen LogP contribution in [0.15, 0.2) is 49.1 Å². The van der Waals surface area contributed by atoms with Crippen molar-refractivity contribution in [2.75, 3.05) is 28.2 Å². The Morgan fingerprint density at radius 2 is 2.11 bits per heavy atom. The maximum Gasteiger partial charge on any atom is 0.329 e. The first kappa shape index (κ1) is 16.6. The number of urea groups is 1. The van der Waals surface area contributed by atoms with Crippen LogP contribution in [0.25, 0.3) is 11.3 Å². The minimum absolute atomic E-state index is 0.0938. The van der Waals surface area contributed by atoms with Gasteiger partial charge in [0.05, 0.1) is 17.4 Å². The van der Waals surface area contributed by atoms with Gasteiger partial charge in [0.15, 0.2) is 5.82 Å². The van der Waals surface area contributed by atoms with E-state index in [-0.39, 0.29) is 12.1 Å². The number of fused-ring (bicyclic) bond motifs is 4. The molecule has 0 aliphatic carbocycles. The first-order valence-electron chi connectivity index (χ1n) is 9.24. The van der Waals surface area contributed by atoms with Crippen LogP contribution in [0.4, 0.5) is 22.1 Å². The molecular formula is C20H19N7O. The molecule has 0 radical (unpaired) electrons. The van der Waals surface area contributed by atoms with E-state index < -0.39 is 0 Å². The summed E-state index contributed by atoms with van der Waals surface area (Å²) in [7, 11) is 0. The van der Waals surface area contributed by atoms with E-state index in [0.29, 0.717) is 11.6 Å². The minimum Gasteiger partial charge on any atom is -0.366 e. The van der Waals surface area contributed by atoms with Crippen molar-refractivity contribution in [2.24, 2.45) is 0 Å². The second-order valence-electron chi connectivity index (χ2n) is 7.01.